The summed E-state index contributed by atoms with van der Waals surface area (Å²) in [6.07, 6.45) is 1.02. The zero-order valence-electron chi connectivity index (χ0n) is 16.5. The number of halogens is 1. The average molecular weight is 428 g/mol. The van der Waals surface area contributed by atoms with Gasteiger partial charge in [-0.3, -0.25) is 9.10 Å². The van der Waals surface area contributed by atoms with Gasteiger partial charge in [-0.1, -0.05) is 30.3 Å². The fourth-order valence-electron chi connectivity index (χ4n) is 2.87. The molecule has 0 aliphatic rings. The first-order chi connectivity index (χ1) is 14.3. The van der Waals surface area contributed by atoms with Crippen LogP contribution in [-0.4, -0.2) is 27.7 Å². The van der Waals surface area contributed by atoms with Crippen LogP contribution in [0, 0.1) is 5.82 Å². The van der Waals surface area contributed by atoms with Gasteiger partial charge in [-0.05, 0) is 42.0 Å². The number of methoxy groups -OCH3 is 1. The summed E-state index contributed by atoms with van der Waals surface area (Å²) in [6, 6.07) is 19.1. The molecule has 0 aliphatic heterocycles. The molecule has 0 aromatic heterocycles. The van der Waals surface area contributed by atoms with E-state index in [-0.39, 0.29) is 18.1 Å². The molecule has 3 rings (SSSR count). The number of anilines is 2. The average Bonchev–Trinajstić information content (AvgIpc) is 2.72. The van der Waals surface area contributed by atoms with Crippen LogP contribution < -0.4 is 14.4 Å². The Bertz CT molecular complexity index is 1150. The molecule has 0 aliphatic carbocycles. The molecule has 0 atom stereocenters. The van der Waals surface area contributed by atoms with Gasteiger partial charge in [0.05, 0.1) is 25.6 Å². The van der Waals surface area contributed by atoms with Crippen LogP contribution in [0.3, 0.4) is 0 Å². The summed E-state index contributed by atoms with van der Waals surface area (Å²) in [7, 11) is -2.17. The third-order valence-corrected chi connectivity index (χ3v) is 5.52. The number of hydrogen-bond acceptors (Lipinski definition) is 4. The first-order valence-electron chi connectivity index (χ1n) is 9.04. The highest BCUT2D eigenvalue weighted by atomic mass is 32.2. The molecule has 0 unspecified atom stereocenters. The van der Waals surface area contributed by atoms with Crippen molar-refractivity contribution < 1.29 is 22.3 Å². The maximum atomic E-state index is 14.1. The lowest BCUT2D eigenvalue weighted by Crippen LogP contribution is -2.30. The highest BCUT2D eigenvalue weighted by Crippen LogP contribution is 2.24. The number of rotatable bonds is 7. The zero-order valence-corrected chi connectivity index (χ0v) is 17.3. The van der Waals surface area contributed by atoms with Gasteiger partial charge >= 0.3 is 0 Å². The van der Waals surface area contributed by atoms with E-state index in [9.17, 15) is 17.6 Å². The first-order valence-corrected chi connectivity index (χ1v) is 10.9. The van der Waals surface area contributed by atoms with Gasteiger partial charge in [-0.25, -0.2) is 12.8 Å². The number of carbonyl (C=O) groups is 1. The van der Waals surface area contributed by atoms with Crippen LogP contribution in [0.2, 0.25) is 0 Å². The van der Waals surface area contributed by atoms with Crippen molar-refractivity contribution in [2.45, 2.75) is 6.54 Å². The first kappa shape index (κ1) is 21.3. The highest BCUT2D eigenvalue weighted by molar-refractivity contribution is 7.92. The summed E-state index contributed by atoms with van der Waals surface area (Å²) in [5, 5.41) is 2.78. The van der Waals surface area contributed by atoms with Gasteiger partial charge in [0.25, 0.3) is 5.91 Å². The van der Waals surface area contributed by atoms with Gasteiger partial charge < -0.3 is 10.1 Å². The van der Waals surface area contributed by atoms with Crippen molar-refractivity contribution >= 4 is 27.3 Å². The monoisotopic (exact) mass is 428 g/mol. The van der Waals surface area contributed by atoms with E-state index in [0.29, 0.717) is 22.6 Å². The molecule has 1 N–H and O–H groups in total. The molecule has 0 bridgehead atoms. The van der Waals surface area contributed by atoms with Crippen LogP contribution in [0.25, 0.3) is 0 Å². The van der Waals surface area contributed by atoms with Gasteiger partial charge in [0, 0.05) is 17.3 Å². The number of benzene rings is 3. The Hall–Kier alpha value is -3.39. The van der Waals surface area contributed by atoms with Crippen molar-refractivity contribution in [1.82, 2.24) is 0 Å². The number of nitrogens with zero attached hydrogens (tertiary/aromatic N) is 1. The van der Waals surface area contributed by atoms with Gasteiger partial charge in [0.1, 0.15) is 11.6 Å². The number of nitrogens with one attached hydrogen (secondary N) is 1. The standard InChI is InChI=1S/C22H21FN2O4S/c1-29-19-7-5-6-18(14-19)24-22(26)17-12-10-16(11-13-17)15-25(30(2,27)28)21-9-4-3-8-20(21)23/h3-14H,15H2,1-2H3,(H,24,26). The third-order valence-electron chi connectivity index (χ3n) is 4.39. The van der Waals surface area contributed by atoms with Gasteiger partial charge in [0.2, 0.25) is 10.0 Å². The summed E-state index contributed by atoms with van der Waals surface area (Å²) in [5.41, 5.74) is 1.58. The Morgan fingerprint density at radius 1 is 1.03 bits per heavy atom. The second-order valence-electron chi connectivity index (χ2n) is 6.60. The normalized spacial score (nSPS) is 11.0. The van der Waals surface area contributed by atoms with Crippen molar-refractivity contribution in [3.05, 3.63) is 89.7 Å². The minimum Gasteiger partial charge on any atom is -0.497 e. The van der Waals surface area contributed by atoms with E-state index in [1.165, 1.54) is 18.2 Å². The van der Waals surface area contributed by atoms with Crippen molar-refractivity contribution in [3.8, 4) is 5.75 Å². The van der Waals surface area contributed by atoms with E-state index in [1.54, 1.807) is 61.7 Å². The summed E-state index contributed by atoms with van der Waals surface area (Å²) >= 11 is 0. The molecular weight excluding hydrogens is 407 g/mol. The molecular formula is C22H21FN2O4S. The van der Waals surface area contributed by atoms with Gasteiger partial charge in [0.15, 0.2) is 0 Å². The van der Waals surface area contributed by atoms with Crippen LogP contribution >= 0.6 is 0 Å². The van der Waals surface area contributed by atoms with Crippen LogP contribution in [0.5, 0.6) is 5.75 Å². The van der Waals surface area contributed by atoms with Gasteiger partial charge in [-0.2, -0.15) is 0 Å². The Morgan fingerprint density at radius 2 is 1.73 bits per heavy atom. The molecule has 1 amide bonds. The fourth-order valence-corrected chi connectivity index (χ4v) is 3.76. The molecule has 30 heavy (non-hydrogen) atoms. The second kappa shape index (κ2) is 8.96. The zero-order chi connectivity index (χ0) is 21.7. The van der Waals surface area contributed by atoms with Crippen molar-refractivity contribution in [2.75, 3.05) is 23.0 Å². The number of hydrogen-bond donors (Lipinski definition) is 1. The lowest BCUT2D eigenvalue weighted by atomic mass is 10.1. The molecule has 156 valence electrons. The maximum Gasteiger partial charge on any atom is 0.255 e. The smallest absolute Gasteiger partial charge is 0.255 e. The van der Waals surface area contributed by atoms with Crippen LogP contribution in [0.4, 0.5) is 15.8 Å². The lowest BCUT2D eigenvalue weighted by Gasteiger charge is -2.23. The second-order valence-corrected chi connectivity index (χ2v) is 8.51. The Kier molecular flexibility index (Phi) is 6.37. The summed E-state index contributed by atoms with van der Waals surface area (Å²) in [4.78, 5) is 12.5. The van der Waals surface area contributed by atoms with Crippen molar-refractivity contribution in [3.63, 3.8) is 0 Å². The fraction of sp³-hybridized carbons (Fsp3) is 0.136. The quantitative estimate of drug-likeness (QED) is 0.616. The minimum absolute atomic E-state index is 0.0279. The molecule has 3 aromatic carbocycles. The Morgan fingerprint density at radius 3 is 2.37 bits per heavy atom. The lowest BCUT2D eigenvalue weighted by molar-refractivity contribution is 0.102. The molecule has 3 aromatic rings. The summed E-state index contributed by atoms with van der Waals surface area (Å²) in [6.45, 7) is -0.0580. The van der Waals surface area contributed by atoms with Crippen LogP contribution in [0.15, 0.2) is 72.8 Å². The number of carbonyl (C=O) groups excluding carboxylic acids is 1. The van der Waals surface area contributed by atoms with Crippen LogP contribution in [0.1, 0.15) is 15.9 Å². The van der Waals surface area contributed by atoms with Crippen molar-refractivity contribution in [1.29, 1.82) is 0 Å². The molecule has 6 nitrogen and oxygen atoms in total. The number of amides is 1. The molecule has 0 saturated heterocycles. The number of para-hydroxylation sites is 1. The number of sulfonamides is 1. The molecule has 0 saturated carbocycles. The van der Waals surface area contributed by atoms with E-state index in [2.05, 4.69) is 5.32 Å². The highest BCUT2D eigenvalue weighted by Gasteiger charge is 2.21. The van der Waals surface area contributed by atoms with E-state index in [0.717, 1.165) is 10.6 Å². The Balaban J connectivity index is 1.77. The number of ether oxygens (including phenoxy) is 1. The molecule has 0 heterocycles. The van der Waals surface area contributed by atoms with E-state index in [4.69, 9.17) is 4.74 Å². The minimum atomic E-state index is -3.71. The van der Waals surface area contributed by atoms with E-state index in [1.807, 2.05) is 0 Å². The molecule has 0 radical (unpaired) electrons. The SMILES string of the molecule is COc1cccc(NC(=O)c2ccc(CN(c3ccccc3F)S(C)(=O)=O)cc2)c1. The Labute approximate surface area is 175 Å². The predicted octanol–water partition coefficient (Wildman–Crippen LogP) is 4.05. The topological polar surface area (TPSA) is 75.7 Å². The summed E-state index contributed by atoms with van der Waals surface area (Å²) in [5.74, 6) is -0.321. The summed E-state index contributed by atoms with van der Waals surface area (Å²) < 4.78 is 44.7. The van der Waals surface area contributed by atoms with Gasteiger partial charge in [-0.15, -0.1) is 0 Å². The predicted molar refractivity (Wildman–Crippen MR) is 115 cm³/mol. The molecule has 0 spiro atoms. The largest absolute Gasteiger partial charge is 0.497 e. The van der Waals surface area contributed by atoms with E-state index < -0.39 is 15.8 Å². The van der Waals surface area contributed by atoms with Crippen molar-refractivity contribution in [2.24, 2.45) is 0 Å². The maximum absolute atomic E-state index is 14.1. The molecule has 8 heteroatoms. The van der Waals surface area contributed by atoms with Crippen LogP contribution in [-0.2, 0) is 16.6 Å². The third kappa shape index (κ3) is 5.15. The molecule has 0 fully saturated rings. The van der Waals surface area contributed by atoms with E-state index >= 15 is 0 Å².